The minimum atomic E-state index is -0.281. The molecule has 3 rings (SSSR count). The average Bonchev–Trinajstić information content (AvgIpc) is 2.51. The molecular weight excluding hydrogens is 292 g/mol. The molecule has 1 heterocycles. The van der Waals surface area contributed by atoms with Crippen molar-refractivity contribution in [2.45, 2.75) is 27.2 Å². The quantitative estimate of drug-likeness (QED) is 0.642. The molecule has 0 N–H and O–H groups in total. The molecule has 1 aliphatic rings. The van der Waals surface area contributed by atoms with Crippen LogP contribution in [0.5, 0.6) is 17.2 Å². The zero-order valence-electron chi connectivity index (χ0n) is 13.6. The lowest BCUT2D eigenvalue weighted by Gasteiger charge is -2.18. The van der Waals surface area contributed by atoms with Gasteiger partial charge in [-0.15, -0.1) is 0 Å². The summed E-state index contributed by atoms with van der Waals surface area (Å²) in [5.41, 5.74) is 3.95. The minimum absolute atomic E-state index is 0.198. The number of hydrogen-bond donors (Lipinski definition) is 0. The maximum atomic E-state index is 12.2. The molecule has 0 aromatic heterocycles. The summed E-state index contributed by atoms with van der Waals surface area (Å²) in [5.74, 6) is 1.78. The Morgan fingerprint density at radius 1 is 1.00 bits per heavy atom. The van der Waals surface area contributed by atoms with Crippen LogP contribution < -0.4 is 14.2 Å². The van der Waals surface area contributed by atoms with Crippen LogP contribution in [0.2, 0.25) is 0 Å². The van der Waals surface area contributed by atoms with E-state index in [4.69, 9.17) is 14.2 Å². The van der Waals surface area contributed by atoms with Gasteiger partial charge in [0.05, 0.1) is 6.42 Å². The topological polar surface area (TPSA) is 44.8 Å². The van der Waals surface area contributed by atoms with Crippen LogP contribution in [0.15, 0.2) is 30.3 Å². The van der Waals surface area contributed by atoms with Crippen molar-refractivity contribution in [3.05, 3.63) is 52.6 Å². The van der Waals surface area contributed by atoms with Crippen molar-refractivity contribution in [3.8, 4) is 17.2 Å². The van der Waals surface area contributed by atoms with Gasteiger partial charge < -0.3 is 14.2 Å². The van der Waals surface area contributed by atoms with Gasteiger partial charge in [-0.3, -0.25) is 4.79 Å². The number of aryl methyl sites for hydroxylation is 3. The Balaban J connectivity index is 1.73. The molecule has 0 unspecified atom stereocenters. The van der Waals surface area contributed by atoms with Crippen molar-refractivity contribution in [1.82, 2.24) is 0 Å². The molecule has 23 heavy (non-hydrogen) atoms. The summed E-state index contributed by atoms with van der Waals surface area (Å²) in [6, 6.07) is 9.56. The molecule has 2 aromatic carbocycles. The lowest BCUT2D eigenvalue weighted by atomic mass is 10.1. The number of esters is 1. The van der Waals surface area contributed by atoms with Gasteiger partial charge in [0, 0.05) is 0 Å². The van der Waals surface area contributed by atoms with Gasteiger partial charge in [-0.1, -0.05) is 23.8 Å². The van der Waals surface area contributed by atoms with Gasteiger partial charge in [0.1, 0.15) is 19.0 Å². The molecule has 4 heteroatoms. The number of carbonyl (C=O) groups is 1. The Morgan fingerprint density at radius 2 is 1.65 bits per heavy atom. The highest BCUT2D eigenvalue weighted by Gasteiger charge is 2.15. The molecule has 0 fully saturated rings. The number of benzene rings is 2. The Kier molecular flexibility index (Phi) is 4.24. The maximum Gasteiger partial charge on any atom is 0.315 e. The van der Waals surface area contributed by atoms with Crippen molar-refractivity contribution < 1.29 is 19.0 Å². The third-order valence-corrected chi connectivity index (χ3v) is 3.78. The van der Waals surface area contributed by atoms with Crippen molar-refractivity contribution in [3.63, 3.8) is 0 Å². The van der Waals surface area contributed by atoms with Crippen LogP contribution in [0.25, 0.3) is 0 Å². The molecule has 0 amide bonds. The van der Waals surface area contributed by atoms with Gasteiger partial charge in [0.25, 0.3) is 0 Å². The first-order valence-corrected chi connectivity index (χ1v) is 7.70. The first-order valence-electron chi connectivity index (χ1n) is 7.70. The Hall–Kier alpha value is -2.49. The van der Waals surface area contributed by atoms with Crippen molar-refractivity contribution in [2.24, 2.45) is 0 Å². The standard InChI is InChI=1S/C19H20O4/c1-12-8-13(2)19(14(3)9-12)23-18(20)11-15-4-5-16-17(10-15)22-7-6-21-16/h4-5,8-10H,6-7,11H2,1-3H3. The van der Waals surface area contributed by atoms with Crippen LogP contribution in [0, 0.1) is 20.8 Å². The smallest absolute Gasteiger partial charge is 0.315 e. The van der Waals surface area contributed by atoms with Gasteiger partial charge in [0.15, 0.2) is 11.5 Å². The number of rotatable bonds is 3. The fourth-order valence-electron chi connectivity index (χ4n) is 2.84. The Labute approximate surface area is 136 Å². The molecule has 1 aliphatic heterocycles. The number of fused-ring (bicyclic) bond motifs is 1. The molecule has 0 aliphatic carbocycles. The molecule has 0 saturated carbocycles. The van der Waals surface area contributed by atoms with Gasteiger partial charge in [-0.2, -0.15) is 0 Å². The molecule has 0 atom stereocenters. The molecule has 2 aromatic rings. The van der Waals surface area contributed by atoms with Gasteiger partial charge in [-0.25, -0.2) is 0 Å². The fourth-order valence-corrected chi connectivity index (χ4v) is 2.84. The van der Waals surface area contributed by atoms with E-state index in [2.05, 4.69) is 0 Å². The van der Waals surface area contributed by atoms with Gasteiger partial charge in [-0.05, 0) is 49.6 Å². The van der Waals surface area contributed by atoms with Crippen LogP contribution in [-0.2, 0) is 11.2 Å². The van der Waals surface area contributed by atoms with Crippen LogP contribution in [0.3, 0.4) is 0 Å². The fraction of sp³-hybridized carbons (Fsp3) is 0.316. The van der Waals surface area contributed by atoms with E-state index in [0.29, 0.717) is 24.7 Å². The molecule has 0 bridgehead atoms. The second-order valence-corrected chi connectivity index (χ2v) is 5.86. The van der Waals surface area contributed by atoms with E-state index in [1.165, 1.54) is 0 Å². The molecule has 0 spiro atoms. The predicted octanol–water partition coefficient (Wildman–Crippen LogP) is 3.53. The monoisotopic (exact) mass is 312 g/mol. The largest absolute Gasteiger partial charge is 0.486 e. The summed E-state index contributed by atoms with van der Waals surface area (Å²) < 4.78 is 16.6. The third-order valence-electron chi connectivity index (χ3n) is 3.78. The summed E-state index contributed by atoms with van der Waals surface area (Å²) in [7, 11) is 0. The Bertz CT molecular complexity index is 726. The van der Waals surface area contributed by atoms with Gasteiger partial charge >= 0.3 is 5.97 Å². The Morgan fingerprint density at radius 3 is 2.35 bits per heavy atom. The minimum Gasteiger partial charge on any atom is -0.486 e. The lowest BCUT2D eigenvalue weighted by molar-refractivity contribution is -0.133. The first kappa shape index (κ1) is 15.4. The second-order valence-electron chi connectivity index (χ2n) is 5.86. The summed E-state index contributed by atoms with van der Waals surface area (Å²) in [6.07, 6.45) is 0.198. The molecule has 4 nitrogen and oxygen atoms in total. The molecule has 0 radical (unpaired) electrons. The van der Waals surface area contributed by atoms with Crippen molar-refractivity contribution in [2.75, 3.05) is 13.2 Å². The summed E-state index contributed by atoms with van der Waals surface area (Å²) >= 11 is 0. The maximum absolute atomic E-state index is 12.2. The molecular formula is C19H20O4. The van der Waals surface area contributed by atoms with Crippen LogP contribution in [0.4, 0.5) is 0 Å². The van der Waals surface area contributed by atoms with Crippen molar-refractivity contribution in [1.29, 1.82) is 0 Å². The summed E-state index contributed by atoms with van der Waals surface area (Å²) in [6.45, 7) is 7.02. The number of ether oxygens (including phenoxy) is 3. The normalized spacial score (nSPS) is 12.8. The highest BCUT2D eigenvalue weighted by atomic mass is 16.6. The van der Waals surface area contributed by atoms with Crippen LogP contribution in [-0.4, -0.2) is 19.2 Å². The highest BCUT2D eigenvalue weighted by molar-refractivity contribution is 5.76. The number of carbonyl (C=O) groups excluding carboxylic acids is 1. The third kappa shape index (κ3) is 3.47. The summed E-state index contributed by atoms with van der Waals surface area (Å²) in [5, 5.41) is 0. The van der Waals surface area contributed by atoms with E-state index in [-0.39, 0.29) is 12.4 Å². The van der Waals surface area contributed by atoms with E-state index in [1.807, 2.05) is 51.1 Å². The van der Waals surface area contributed by atoms with Crippen LogP contribution in [0.1, 0.15) is 22.3 Å². The van der Waals surface area contributed by atoms with Gasteiger partial charge in [0.2, 0.25) is 0 Å². The van der Waals surface area contributed by atoms with E-state index in [9.17, 15) is 4.79 Å². The zero-order chi connectivity index (χ0) is 16.4. The van der Waals surface area contributed by atoms with E-state index >= 15 is 0 Å². The summed E-state index contributed by atoms with van der Waals surface area (Å²) in [4.78, 5) is 12.2. The second kappa shape index (κ2) is 6.32. The van der Waals surface area contributed by atoms with Crippen LogP contribution >= 0.6 is 0 Å². The van der Waals surface area contributed by atoms with E-state index in [1.54, 1.807) is 0 Å². The lowest BCUT2D eigenvalue weighted by Crippen LogP contribution is -2.16. The average molecular weight is 312 g/mol. The number of hydrogen-bond acceptors (Lipinski definition) is 4. The van der Waals surface area contributed by atoms with E-state index in [0.717, 1.165) is 28.0 Å². The SMILES string of the molecule is Cc1cc(C)c(OC(=O)Cc2ccc3c(c2)OCCO3)c(C)c1. The predicted molar refractivity (Wildman–Crippen MR) is 87.4 cm³/mol. The zero-order valence-corrected chi connectivity index (χ0v) is 13.6. The molecule has 120 valence electrons. The molecule has 0 saturated heterocycles. The van der Waals surface area contributed by atoms with E-state index < -0.39 is 0 Å². The highest BCUT2D eigenvalue weighted by Crippen LogP contribution is 2.31. The first-order chi connectivity index (χ1) is 11.0. The van der Waals surface area contributed by atoms with Crippen molar-refractivity contribution >= 4 is 5.97 Å².